The standard InChI is InChI=1S/C20H8Cl3F2N2O/c21-11-2-4-18-14(6-11)20(13-3-1-12(22)7-17(13)25)26-27(18)19-8-16(24)10(9-28)5-15(19)23/h1-8H. The van der Waals surface area contributed by atoms with E-state index in [9.17, 15) is 13.6 Å². The van der Waals surface area contributed by atoms with Gasteiger partial charge in [-0.2, -0.15) is 5.10 Å². The number of benzene rings is 3. The number of hydrogen-bond acceptors (Lipinski definition) is 2. The summed E-state index contributed by atoms with van der Waals surface area (Å²) >= 11 is 18.2. The second-order valence-electron chi connectivity index (χ2n) is 5.93. The highest BCUT2D eigenvalue weighted by Crippen LogP contribution is 2.35. The van der Waals surface area contributed by atoms with Crippen LogP contribution in [0.4, 0.5) is 8.78 Å². The first-order valence-corrected chi connectivity index (χ1v) is 9.03. The SMILES string of the molecule is O=[C]c1cc(Cl)c(-n2nc(-c3ccc(Cl)cc3F)c3cc(Cl)ccc32)cc1F. The third kappa shape index (κ3) is 3.15. The third-order valence-corrected chi connectivity index (χ3v) is 4.98. The maximum atomic E-state index is 14.5. The van der Waals surface area contributed by atoms with Gasteiger partial charge in [0.2, 0.25) is 6.29 Å². The van der Waals surface area contributed by atoms with Crippen molar-refractivity contribution in [1.29, 1.82) is 0 Å². The number of hydrogen-bond donors (Lipinski definition) is 0. The number of rotatable bonds is 3. The molecule has 0 aliphatic carbocycles. The average Bonchev–Trinajstić information content (AvgIpc) is 3.01. The Morgan fingerprint density at radius 3 is 2.32 bits per heavy atom. The molecule has 0 bridgehead atoms. The summed E-state index contributed by atoms with van der Waals surface area (Å²) < 4.78 is 30.1. The number of fused-ring (bicyclic) bond motifs is 1. The van der Waals surface area contributed by atoms with Crippen molar-refractivity contribution in [2.75, 3.05) is 0 Å². The van der Waals surface area contributed by atoms with Crippen molar-refractivity contribution in [2.45, 2.75) is 0 Å². The van der Waals surface area contributed by atoms with Crippen LogP contribution in [0.15, 0.2) is 48.5 Å². The summed E-state index contributed by atoms with van der Waals surface area (Å²) in [4.78, 5) is 10.8. The van der Waals surface area contributed by atoms with Gasteiger partial charge in [0, 0.05) is 27.1 Å². The molecule has 0 atom stereocenters. The van der Waals surface area contributed by atoms with Gasteiger partial charge in [-0.1, -0.05) is 34.8 Å². The van der Waals surface area contributed by atoms with Crippen molar-refractivity contribution in [3.8, 4) is 16.9 Å². The molecule has 0 saturated carbocycles. The molecule has 0 aliphatic rings. The van der Waals surface area contributed by atoms with Crippen LogP contribution in [0, 0.1) is 11.6 Å². The molecular weight excluding hydrogens is 429 g/mol. The van der Waals surface area contributed by atoms with E-state index in [1.165, 1.54) is 29.2 Å². The number of nitrogens with zero attached hydrogens (tertiary/aromatic N) is 2. The van der Waals surface area contributed by atoms with E-state index in [2.05, 4.69) is 5.10 Å². The highest BCUT2D eigenvalue weighted by molar-refractivity contribution is 6.33. The van der Waals surface area contributed by atoms with E-state index in [1.54, 1.807) is 18.2 Å². The summed E-state index contributed by atoms with van der Waals surface area (Å²) in [6.45, 7) is 0. The van der Waals surface area contributed by atoms with E-state index in [1.807, 2.05) is 0 Å². The van der Waals surface area contributed by atoms with Crippen molar-refractivity contribution >= 4 is 52.0 Å². The van der Waals surface area contributed by atoms with Crippen LogP contribution in [0.25, 0.3) is 27.8 Å². The fourth-order valence-corrected chi connectivity index (χ4v) is 3.51. The topological polar surface area (TPSA) is 34.9 Å². The zero-order chi connectivity index (χ0) is 20.0. The van der Waals surface area contributed by atoms with E-state index in [-0.39, 0.29) is 32.6 Å². The van der Waals surface area contributed by atoms with Gasteiger partial charge in [0.05, 0.1) is 21.8 Å². The normalized spacial score (nSPS) is 11.2. The second-order valence-corrected chi connectivity index (χ2v) is 7.21. The molecule has 0 saturated heterocycles. The van der Waals surface area contributed by atoms with Crippen molar-refractivity contribution in [3.05, 3.63) is 80.8 Å². The minimum Gasteiger partial charge on any atom is -0.285 e. The minimum atomic E-state index is -0.800. The summed E-state index contributed by atoms with van der Waals surface area (Å²) in [6.07, 6.45) is 1.48. The summed E-state index contributed by atoms with van der Waals surface area (Å²) in [5.74, 6) is -1.37. The lowest BCUT2D eigenvalue weighted by Crippen LogP contribution is -2.01. The van der Waals surface area contributed by atoms with Crippen LogP contribution in [-0.2, 0) is 4.79 Å². The van der Waals surface area contributed by atoms with E-state index in [0.717, 1.165) is 12.1 Å². The molecule has 0 N–H and O–H groups in total. The van der Waals surface area contributed by atoms with Crippen LogP contribution in [-0.4, -0.2) is 16.1 Å². The lowest BCUT2D eigenvalue weighted by atomic mass is 10.1. The molecule has 0 aliphatic heterocycles. The van der Waals surface area contributed by atoms with Gasteiger partial charge < -0.3 is 0 Å². The molecule has 139 valence electrons. The average molecular weight is 437 g/mol. The van der Waals surface area contributed by atoms with Crippen LogP contribution < -0.4 is 0 Å². The highest BCUT2D eigenvalue weighted by atomic mass is 35.5. The maximum absolute atomic E-state index is 14.5. The first-order valence-electron chi connectivity index (χ1n) is 7.90. The summed E-state index contributed by atoms with van der Waals surface area (Å²) in [6, 6.07) is 11.4. The first-order chi connectivity index (χ1) is 13.4. The van der Waals surface area contributed by atoms with Crippen molar-refractivity contribution in [1.82, 2.24) is 9.78 Å². The van der Waals surface area contributed by atoms with Gasteiger partial charge in [0.1, 0.15) is 17.3 Å². The predicted octanol–water partition coefficient (Wildman–Crippen LogP) is 6.39. The molecule has 1 radical (unpaired) electrons. The van der Waals surface area contributed by atoms with Crippen LogP contribution in [0.3, 0.4) is 0 Å². The number of aromatic nitrogens is 2. The Kier molecular flexibility index (Phi) is 4.83. The molecule has 0 unspecified atom stereocenters. The summed E-state index contributed by atoms with van der Waals surface area (Å²) in [5, 5.41) is 5.73. The Bertz CT molecular complexity index is 1250. The van der Waals surface area contributed by atoms with Gasteiger partial charge in [-0.25, -0.2) is 13.5 Å². The smallest absolute Gasteiger partial charge is 0.236 e. The maximum Gasteiger partial charge on any atom is 0.236 e. The van der Waals surface area contributed by atoms with Crippen molar-refractivity contribution in [3.63, 3.8) is 0 Å². The molecule has 8 heteroatoms. The van der Waals surface area contributed by atoms with Gasteiger partial charge in [-0.05, 0) is 42.5 Å². The lowest BCUT2D eigenvalue weighted by Gasteiger charge is -2.07. The van der Waals surface area contributed by atoms with E-state index >= 15 is 0 Å². The minimum absolute atomic E-state index is 0.0854. The Morgan fingerprint density at radius 2 is 1.61 bits per heavy atom. The largest absolute Gasteiger partial charge is 0.285 e. The van der Waals surface area contributed by atoms with Crippen LogP contribution in [0.1, 0.15) is 5.56 Å². The summed E-state index contributed by atoms with van der Waals surface area (Å²) in [5.41, 5.74) is 0.903. The molecule has 3 nitrogen and oxygen atoms in total. The molecule has 0 amide bonds. The fourth-order valence-electron chi connectivity index (χ4n) is 2.93. The number of halogens is 5. The van der Waals surface area contributed by atoms with Crippen LogP contribution >= 0.6 is 34.8 Å². The zero-order valence-corrected chi connectivity index (χ0v) is 16.1. The molecule has 0 fully saturated rings. The van der Waals surface area contributed by atoms with E-state index in [4.69, 9.17) is 34.8 Å². The van der Waals surface area contributed by atoms with Gasteiger partial charge >= 0.3 is 0 Å². The molecule has 0 spiro atoms. The second kappa shape index (κ2) is 7.17. The zero-order valence-electron chi connectivity index (χ0n) is 13.8. The molecule has 4 rings (SSSR count). The Morgan fingerprint density at radius 1 is 0.893 bits per heavy atom. The Labute approximate surface area is 173 Å². The quantitative estimate of drug-likeness (QED) is 0.373. The third-order valence-electron chi connectivity index (χ3n) is 4.20. The van der Waals surface area contributed by atoms with Crippen LogP contribution in [0.2, 0.25) is 15.1 Å². The van der Waals surface area contributed by atoms with E-state index < -0.39 is 11.6 Å². The van der Waals surface area contributed by atoms with Crippen molar-refractivity contribution < 1.29 is 13.6 Å². The predicted molar refractivity (Wildman–Crippen MR) is 106 cm³/mol. The Balaban J connectivity index is 2.04. The molecule has 1 aromatic heterocycles. The molecule has 28 heavy (non-hydrogen) atoms. The molecular formula is C20H8Cl3F2N2O. The fraction of sp³-hybridized carbons (Fsp3) is 0. The van der Waals surface area contributed by atoms with Gasteiger partial charge in [-0.15, -0.1) is 0 Å². The lowest BCUT2D eigenvalue weighted by molar-refractivity contribution is 0.556. The molecule has 4 aromatic rings. The monoisotopic (exact) mass is 435 g/mol. The number of carbonyl (C=O) groups excluding carboxylic acids is 1. The first kappa shape index (κ1) is 18.9. The summed E-state index contributed by atoms with van der Waals surface area (Å²) in [7, 11) is 0. The van der Waals surface area contributed by atoms with Crippen molar-refractivity contribution in [2.24, 2.45) is 0 Å². The molecule has 3 aromatic carbocycles. The van der Waals surface area contributed by atoms with Crippen LogP contribution in [0.5, 0.6) is 0 Å². The van der Waals surface area contributed by atoms with Gasteiger partial charge in [-0.3, -0.25) is 4.79 Å². The van der Waals surface area contributed by atoms with Gasteiger partial charge in [0.25, 0.3) is 0 Å². The molecule has 1 heterocycles. The van der Waals surface area contributed by atoms with Gasteiger partial charge in [0.15, 0.2) is 0 Å². The van der Waals surface area contributed by atoms with E-state index in [0.29, 0.717) is 15.9 Å². The Hall–Kier alpha value is -2.47. The highest BCUT2D eigenvalue weighted by Gasteiger charge is 2.19.